The van der Waals surface area contributed by atoms with Crippen molar-refractivity contribution >= 4 is 23.2 Å². The lowest BCUT2D eigenvalue weighted by Gasteiger charge is -2.50. The van der Waals surface area contributed by atoms with Crippen LogP contribution in [0.3, 0.4) is 0 Å². The van der Waals surface area contributed by atoms with Crippen molar-refractivity contribution in [2.45, 2.75) is 89.8 Å². The van der Waals surface area contributed by atoms with Crippen LogP contribution in [-0.2, 0) is 27.3 Å². The molecule has 4 atom stereocenters. The number of likely N-dealkylation sites (N-methyl/N-ethyl adjacent to an activating group) is 1. The Bertz CT molecular complexity index is 1550. The van der Waals surface area contributed by atoms with Gasteiger partial charge < -0.3 is 25.8 Å². The van der Waals surface area contributed by atoms with Crippen molar-refractivity contribution in [1.82, 2.24) is 9.80 Å². The molecule has 3 fully saturated rings. The van der Waals surface area contributed by atoms with Gasteiger partial charge in [-0.2, -0.15) is 0 Å². The van der Waals surface area contributed by atoms with Gasteiger partial charge in [-0.15, -0.1) is 0 Å². The normalized spacial score (nSPS) is 28.3. The summed E-state index contributed by atoms with van der Waals surface area (Å²) in [5.74, 6) is -6.25. The van der Waals surface area contributed by atoms with Crippen molar-refractivity contribution in [3.8, 4) is 5.75 Å². The van der Waals surface area contributed by atoms with Gasteiger partial charge in [0.15, 0.2) is 11.4 Å². The minimum absolute atomic E-state index is 0.0260. The van der Waals surface area contributed by atoms with E-state index in [1.165, 1.54) is 37.0 Å². The highest BCUT2D eigenvalue weighted by molar-refractivity contribution is 6.24. The van der Waals surface area contributed by atoms with Crippen LogP contribution in [0.2, 0.25) is 0 Å². The number of carbonyl (C=O) groups is 3. The molecule has 256 valence electrons. The molecule has 0 aromatic heterocycles. The number of aliphatic hydroxyl groups is 3. The van der Waals surface area contributed by atoms with Crippen LogP contribution in [0.25, 0.3) is 5.76 Å². The molecule has 11 heteroatoms. The van der Waals surface area contributed by atoms with Gasteiger partial charge in [-0.1, -0.05) is 20.3 Å². The summed E-state index contributed by atoms with van der Waals surface area (Å²) >= 11 is 0. The number of aliphatic hydroxyl groups excluding tert-OH is 2. The van der Waals surface area contributed by atoms with Crippen LogP contribution >= 0.6 is 0 Å². The number of halogens is 1. The zero-order valence-corrected chi connectivity index (χ0v) is 27.9. The van der Waals surface area contributed by atoms with Gasteiger partial charge in [-0.25, -0.2) is 4.39 Å². The number of amides is 1. The predicted octanol–water partition coefficient (Wildman–Crippen LogP) is 3.98. The lowest BCUT2D eigenvalue weighted by molar-refractivity contribution is -0.153. The Hall–Kier alpha value is -3.28. The van der Waals surface area contributed by atoms with Gasteiger partial charge in [0.1, 0.15) is 28.7 Å². The number of ketones is 2. The average Bonchev–Trinajstić information content (AvgIpc) is 3.81. The molecular formula is C36H48FN3O7. The fraction of sp³-hybridized carbons (Fsp3) is 0.639. The number of Topliss-reactive ketones (excluding diaryl/α,β-unsaturated/α-hetero) is 2. The molecule has 0 spiro atoms. The Labute approximate surface area is 275 Å². The van der Waals surface area contributed by atoms with Crippen molar-refractivity contribution in [1.29, 1.82) is 0 Å². The molecule has 5 aliphatic rings. The second-order valence-corrected chi connectivity index (χ2v) is 14.8. The van der Waals surface area contributed by atoms with Gasteiger partial charge in [-0.05, 0) is 88.8 Å². The molecule has 0 heterocycles. The van der Waals surface area contributed by atoms with Crippen molar-refractivity contribution in [3.05, 3.63) is 45.5 Å². The molecule has 1 amide bonds. The fourth-order valence-corrected chi connectivity index (χ4v) is 8.64. The van der Waals surface area contributed by atoms with Gasteiger partial charge in [0.2, 0.25) is 5.78 Å². The Kier molecular flexibility index (Phi) is 8.80. The smallest absolute Gasteiger partial charge is 0.255 e. The monoisotopic (exact) mass is 653 g/mol. The maximum Gasteiger partial charge on any atom is 0.255 e. The molecule has 0 radical (unpaired) electrons. The molecule has 1 aromatic carbocycles. The summed E-state index contributed by atoms with van der Waals surface area (Å²) in [5.41, 5.74) is 2.75. The second kappa shape index (κ2) is 12.3. The van der Waals surface area contributed by atoms with Gasteiger partial charge in [0.05, 0.1) is 18.2 Å². The minimum atomic E-state index is -2.69. The highest BCUT2D eigenvalue weighted by Gasteiger charge is 2.64. The molecule has 0 aliphatic heterocycles. The number of hydrogen-bond donors (Lipinski definition) is 4. The summed E-state index contributed by atoms with van der Waals surface area (Å²) in [4.78, 5) is 43.7. The first kappa shape index (κ1) is 33.6. The number of fused-ring (bicyclic) bond motifs is 3. The molecule has 0 bridgehead atoms. The van der Waals surface area contributed by atoms with Crippen LogP contribution < -0.4 is 10.5 Å². The van der Waals surface area contributed by atoms with Crippen LogP contribution in [0, 0.1) is 29.0 Å². The van der Waals surface area contributed by atoms with Crippen molar-refractivity contribution < 1.29 is 38.8 Å². The number of benzene rings is 1. The molecule has 1 aromatic rings. The number of ether oxygens (including phenoxy) is 1. The highest BCUT2D eigenvalue weighted by atomic mass is 19.1. The first-order valence-corrected chi connectivity index (χ1v) is 17.1. The summed E-state index contributed by atoms with van der Waals surface area (Å²) < 4.78 is 22.9. The molecule has 6 rings (SSSR count). The van der Waals surface area contributed by atoms with E-state index in [0.29, 0.717) is 31.1 Å². The van der Waals surface area contributed by atoms with Gasteiger partial charge >= 0.3 is 0 Å². The van der Waals surface area contributed by atoms with Crippen molar-refractivity contribution in [3.63, 3.8) is 0 Å². The molecule has 5 aliphatic carbocycles. The molecule has 5 N–H and O–H groups in total. The quantitative estimate of drug-likeness (QED) is 0.245. The molecule has 10 nitrogen and oxygen atoms in total. The Morgan fingerprint density at radius 1 is 1.17 bits per heavy atom. The third kappa shape index (κ3) is 5.48. The largest absolute Gasteiger partial charge is 0.508 e. The van der Waals surface area contributed by atoms with Crippen LogP contribution in [0.15, 0.2) is 23.0 Å². The van der Waals surface area contributed by atoms with Crippen LogP contribution in [0.5, 0.6) is 5.75 Å². The van der Waals surface area contributed by atoms with E-state index in [1.807, 2.05) is 6.92 Å². The first-order valence-electron chi connectivity index (χ1n) is 17.1. The SMILES string of the molecule is CCCOc1cc(CN(CC2CC2)CC2(CC)CCC2)c(F)c2c1C(O)=C1C(=O)C3(O)C(O)=C(C(N)=O)C(=O)C(N(C)C)C3CC1C2. The molecule has 4 unspecified atom stereocenters. The Balaban J connectivity index is 1.45. The summed E-state index contributed by atoms with van der Waals surface area (Å²) in [6.45, 7) is 6.66. The number of rotatable bonds is 12. The van der Waals surface area contributed by atoms with Crippen molar-refractivity contribution in [2.75, 3.05) is 33.8 Å². The fourth-order valence-electron chi connectivity index (χ4n) is 8.64. The van der Waals surface area contributed by atoms with Crippen LogP contribution in [0.4, 0.5) is 4.39 Å². The van der Waals surface area contributed by atoms with Gasteiger partial charge in [0.25, 0.3) is 5.91 Å². The number of nitrogens with two attached hydrogens (primary N) is 1. The van der Waals surface area contributed by atoms with E-state index >= 15 is 4.39 Å². The maximum atomic E-state index is 16.8. The number of hydrogen-bond acceptors (Lipinski definition) is 9. The first-order chi connectivity index (χ1) is 22.3. The van der Waals surface area contributed by atoms with E-state index in [1.54, 1.807) is 20.2 Å². The van der Waals surface area contributed by atoms with E-state index in [9.17, 15) is 29.7 Å². The van der Waals surface area contributed by atoms with E-state index < -0.39 is 63.9 Å². The zero-order chi connectivity index (χ0) is 34.0. The minimum Gasteiger partial charge on any atom is -0.508 e. The summed E-state index contributed by atoms with van der Waals surface area (Å²) in [5, 5.41) is 34.8. The zero-order valence-electron chi connectivity index (χ0n) is 27.9. The number of primary amides is 1. The lowest BCUT2D eigenvalue weighted by Crippen LogP contribution is -2.65. The Morgan fingerprint density at radius 3 is 2.43 bits per heavy atom. The topological polar surface area (TPSA) is 154 Å². The van der Waals surface area contributed by atoms with Crippen LogP contribution in [-0.4, -0.2) is 88.0 Å². The third-order valence-corrected chi connectivity index (χ3v) is 11.5. The highest BCUT2D eigenvalue weighted by Crippen LogP contribution is 2.53. The van der Waals surface area contributed by atoms with Gasteiger partial charge in [0, 0.05) is 42.3 Å². The number of nitrogens with zero attached hydrogens (tertiary/aromatic N) is 2. The van der Waals surface area contributed by atoms with E-state index in [0.717, 1.165) is 19.5 Å². The molecule has 3 saturated carbocycles. The lowest BCUT2D eigenvalue weighted by atomic mass is 9.57. The maximum absolute atomic E-state index is 16.8. The second-order valence-electron chi connectivity index (χ2n) is 14.8. The van der Waals surface area contributed by atoms with E-state index in [-0.39, 0.29) is 40.7 Å². The summed E-state index contributed by atoms with van der Waals surface area (Å²) in [6.07, 6.45) is 7.66. The molecule has 47 heavy (non-hydrogen) atoms. The molecule has 0 saturated heterocycles. The Morgan fingerprint density at radius 2 is 1.87 bits per heavy atom. The predicted molar refractivity (Wildman–Crippen MR) is 173 cm³/mol. The summed E-state index contributed by atoms with van der Waals surface area (Å²) in [6, 6.07) is 0.468. The summed E-state index contributed by atoms with van der Waals surface area (Å²) in [7, 11) is 3.13. The van der Waals surface area contributed by atoms with Gasteiger partial charge in [-0.3, -0.25) is 24.2 Å². The number of carbonyl (C=O) groups excluding carboxylic acids is 3. The van der Waals surface area contributed by atoms with Crippen LogP contribution in [0.1, 0.15) is 81.9 Å². The average molecular weight is 654 g/mol. The molecular weight excluding hydrogens is 605 g/mol. The standard InChI is InChI=1S/C36H48FN3O7/c1-5-12-47-24-15-21(17-40(16-19-8-9-19)18-35(6-2)10-7-11-35)28(37)22-13-20-14-23-29(39(3)4)31(42)27(34(38)45)33(44)36(23,46)32(43)25(20)30(41)26(22)24/h15,19-20,23,29,41,44,46H,5-14,16-18H2,1-4H3,(H2,38,45). The van der Waals surface area contributed by atoms with E-state index in [2.05, 4.69) is 11.8 Å². The third-order valence-electron chi connectivity index (χ3n) is 11.5. The van der Waals surface area contributed by atoms with Crippen molar-refractivity contribution in [2.24, 2.45) is 28.9 Å². The van der Waals surface area contributed by atoms with E-state index in [4.69, 9.17) is 10.5 Å².